The van der Waals surface area contributed by atoms with Crippen LogP contribution in [-0.4, -0.2) is 41.6 Å². The number of hydrogen-bond donors (Lipinski definition) is 2. The molecular formula is C29H33LiNO4S+. The molecule has 1 amide bonds. The second-order valence-corrected chi connectivity index (χ2v) is 9.47. The van der Waals surface area contributed by atoms with E-state index in [0.717, 1.165) is 35.1 Å². The molecule has 3 rings (SSSR count). The molecule has 1 unspecified atom stereocenters. The van der Waals surface area contributed by atoms with Crippen molar-refractivity contribution in [3.05, 3.63) is 95.1 Å². The Bertz CT molecular complexity index is 1120. The third-order valence-electron chi connectivity index (χ3n) is 5.84. The van der Waals surface area contributed by atoms with Crippen LogP contribution in [0.3, 0.4) is 0 Å². The maximum atomic E-state index is 13.2. The first-order valence-electron chi connectivity index (χ1n) is 11.8. The van der Waals surface area contributed by atoms with Crippen LogP contribution in [0.4, 0.5) is 0 Å². The van der Waals surface area contributed by atoms with Crippen LogP contribution < -0.4 is 24.2 Å². The van der Waals surface area contributed by atoms with Crippen LogP contribution in [0.1, 0.15) is 39.9 Å². The van der Waals surface area contributed by atoms with Crippen LogP contribution in [0.2, 0.25) is 0 Å². The topological polar surface area (TPSA) is 75.6 Å². The van der Waals surface area contributed by atoms with Gasteiger partial charge < -0.3 is 15.2 Å². The van der Waals surface area contributed by atoms with E-state index < -0.39 is 12.0 Å². The maximum absolute atomic E-state index is 13.2. The molecule has 0 heterocycles. The Hall–Kier alpha value is -2.49. The number of benzene rings is 3. The van der Waals surface area contributed by atoms with E-state index in [1.165, 1.54) is 5.56 Å². The first-order valence-corrected chi connectivity index (χ1v) is 13.2. The molecule has 7 heteroatoms. The van der Waals surface area contributed by atoms with Gasteiger partial charge in [0.2, 0.25) is 0 Å². The van der Waals surface area contributed by atoms with Crippen LogP contribution in [0.25, 0.3) is 11.1 Å². The summed E-state index contributed by atoms with van der Waals surface area (Å²) < 4.78 is 5.92. The molecule has 0 aliphatic heterocycles. The number of amides is 1. The van der Waals surface area contributed by atoms with Gasteiger partial charge in [0.05, 0.1) is 6.61 Å². The molecule has 0 spiro atoms. The Morgan fingerprint density at radius 1 is 0.972 bits per heavy atom. The second kappa shape index (κ2) is 15.6. The summed E-state index contributed by atoms with van der Waals surface area (Å²) in [5, 5.41) is 12.3. The summed E-state index contributed by atoms with van der Waals surface area (Å²) in [6.45, 7) is 3.09. The van der Waals surface area contributed by atoms with Crippen LogP contribution >= 0.6 is 11.8 Å². The van der Waals surface area contributed by atoms with Gasteiger partial charge >= 0.3 is 24.8 Å². The summed E-state index contributed by atoms with van der Waals surface area (Å²) in [4.78, 5) is 24.8. The van der Waals surface area contributed by atoms with Crippen molar-refractivity contribution < 1.29 is 38.3 Å². The normalized spacial score (nSPS) is 11.4. The van der Waals surface area contributed by atoms with Gasteiger partial charge in [0, 0.05) is 12.2 Å². The molecule has 2 N–H and O–H groups in total. The molecule has 0 radical (unpaired) electrons. The van der Waals surface area contributed by atoms with Gasteiger partial charge in [-0.25, -0.2) is 4.79 Å². The van der Waals surface area contributed by atoms with Crippen molar-refractivity contribution in [1.29, 1.82) is 0 Å². The quantitative estimate of drug-likeness (QED) is 0.280. The van der Waals surface area contributed by atoms with Crippen molar-refractivity contribution in [3.8, 4) is 11.1 Å². The molecule has 1 atom stereocenters. The standard InChI is InChI=1S/C29H33NO4S.Li/c1-21-9-6-7-13-24(21)26-19-23(20-34-17-8-12-22-10-4-3-5-11-22)14-15-25(26)28(31)30-27(29(32)33)16-18-35-2;/h3-7,9-11,13-15,19,27H,8,12,16-18,20H2,1-2H3,(H,30,31)(H,32,33);/q;+1. The zero-order valence-corrected chi connectivity index (χ0v) is 22.1. The summed E-state index contributed by atoms with van der Waals surface area (Å²) >= 11 is 1.56. The number of aliphatic carboxylic acids is 1. The Labute approximate surface area is 230 Å². The van der Waals surface area contributed by atoms with Gasteiger partial charge in [0.1, 0.15) is 6.04 Å². The number of ether oxygens (including phenoxy) is 1. The molecule has 0 aliphatic carbocycles. The maximum Gasteiger partial charge on any atom is 1.00 e. The summed E-state index contributed by atoms with van der Waals surface area (Å²) in [6, 6.07) is 22.9. The molecule has 3 aromatic rings. The first kappa shape index (κ1) is 29.7. The number of nitrogens with one attached hydrogen (secondary N) is 1. The molecule has 0 saturated heterocycles. The number of hydrogen-bond acceptors (Lipinski definition) is 4. The fourth-order valence-electron chi connectivity index (χ4n) is 3.92. The van der Waals surface area contributed by atoms with E-state index in [1.54, 1.807) is 17.8 Å². The summed E-state index contributed by atoms with van der Waals surface area (Å²) in [5.74, 6) is -0.750. The van der Waals surface area contributed by atoms with Gasteiger partial charge in [-0.1, -0.05) is 60.7 Å². The molecule has 0 aliphatic rings. The number of rotatable bonds is 13. The number of aryl methyl sites for hydroxylation is 2. The number of carbonyl (C=O) groups excluding carboxylic acids is 1. The zero-order valence-electron chi connectivity index (χ0n) is 21.3. The van der Waals surface area contributed by atoms with Crippen molar-refractivity contribution >= 4 is 23.6 Å². The molecule has 5 nitrogen and oxygen atoms in total. The van der Waals surface area contributed by atoms with Gasteiger partial charge in [-0.2, -0.15) is 11.8 Å². The van der Waals surface area contributed by atoms with Crippen LogP contribution in [-0.2, 0) is 22.6 Å². The molecule has 36 heavy (non-hydrogen) atoms. The number of carboxylic acid groups (broad SMARTS) is 1. The summed E-state index contributed by atoms with van der Waals surface area (Å²) in [5.41, 5.74) is 5.49. The number of carboxylic acids is 1. The Balaban J connectivity index is 0.00000456. The number of thioether (sulfide) groups is 1. The van der Waals surface area contributed by atoms with Crippen molar-refractivity contribution in [2.24, 2.45) is 0 Å². The largest absolute Gasteiger partial charge is 1.00 e. The van der Waals surface area contributed by atoms with Gasteiger partial charge in [0.25, 0.3) is 5.91 Å². The van der Waals surface area contributed by atoms with E-state index in [2.05, 4.69) is 17.4 Å². The van der Waals surface area contributed by atoms with E-state index in [1.807, 2.05) is 67.8 Å². The van der Waals surface area contributed by atoms with Crippen molar-refractivity contribution in [2.45, 2.75) is 38.8 Å². The first-order chi connectivity index (χ1) is 17.0. The second-order valence-electron chi connectivity index (χ2n) is 8.48. The molecular weight excluding hydrogens is 465 g/mol. The minimum Gasteiger partial charge on any atom is -0.480 e. The molecule has 0 bridgehead atoms. The smallest absolute Gasteiger partial charge is 0.480 e. The zero-order chi connectivity index (χ0) is 25.0. The van der Waals surface area contributed by atoms with E-state index >= 15 is 0 Å². The van der Waals surface area contributed by atoms with E-state index in [-0.39, 0.29) is 24.8 Å². The fraction of sp³-hybridized carbons (Fsp3) is 0.310. The Morgan fingerprint density at radius 2 is 1.69 bits per heavy atom. The number of carbonyl (C=O) groups is 2. The molecule has 0 fully saturated rings. The van der Waals surface area contributed by atoms with Gasteiger partial charge in [-0.15, -0.1) is 0 Å². The SMILES string of the molecule is CSCCC(NC(=O)c1ccc(COCCCc2ccccc2)cc1-c1ccccc1C)C(=O)O.[Li+]. The van der Waals surface area contributed by atoms with Crippen LogP contribution in [0, 0.1) is 6.92 Å². The van der Waals surface area contributed by atoms with Gasteiger partial charge in [-0.05, 0) is 78.1 Å². The van der Waals surface area contributed by atoms with E-state index in [4.69, 9.17) is 4.74 Å². The minimum atomic E-state index is -1.02. The molecule has 0 aromatic heterocycles. The van der Waals surface area contributed by atoms with Crippen molar-refractivity contribution in [3.63, 3.8) is 0 Å². The molecule has 3 aromatic carbocycles. The van der Waals surface area contributed by atoms with E-state index in [9.17, 15) is 14.7 Å². The molecule has 184 valence electrons. The van der Waals surface area contributed by atoms with Crippen LogP contribution in [0.5, 0.6) is 0 Å². The summed E-state index contributed by atoms with van der Waals surface area (Å²) in [7, 11) is 0. The Kier molecular flexibility index (Phi) is 12.9. The van der Waals surface area contributed by atoms with Crippen molar-refractivity contribution in [1.82, 2.24) is 5.32 Å². The third kappa shape index (κ3) is 8.87. The average Bonchev–Trinajstić information content (AvgIpc) is 2.87. The monoisotopic (exact) mass is 498 g/mol. The predicted molar refractivity (Wildman–Crippen MR) is 143 cm³/mol. The van der Waals surface area contributed by atoms with Crippen molar-refractivity contribution in [2.75, 3.05) is 18.6 Å². The Morgan fingerprint density at radius 3 is 2.39 bits per heavy atom. The minimum absolute atomic E-state index is 0. The van der Waals surface area contributed by atoms with E-state index in [0.29, 0.717) is 31.0 Å². The predicted octanol–water partition coefficient (Wildman–Crippen LogP) is 2.75. The third-order valence-corrected chi connectivity index (χ3v) is 6.49. The molecule has 0 saturated carbocycles. The average molecular weight is 499 g/mol. The summed E-state index contributed by atoms with van der Waals surface area (Å²) in [6.07, 6.45) is 4.19. The van der Waals surface area contributed by atoms with Gasteiger partial charge in [-0.3, -0.25) is 4.79 Å². The van der Waals surface area contributed by atoms with Gasteiger partial charge in [0.15, 0.2) is 0 Å². The fourth-order valence-corrected chi connectivity index (χ4v) is 4.39. The van der Waals surface area contributed by atoms with Crippen LogP contribution in [0.15, 0.2) is 72.8 Å².